The topological polar surface area (TPSA) is 23.6 Å². The van der Waals surface area contributed by atoms with E-state index in [1.165, 1.54) is 0 Å². The maximum absolute atomic E-state index is 11.0. The number of rotatable bonds is 2. The molecule has 3 nitrogen and oxygen atoms in total. The molecule has 0 N–H and O–H groups in total. The Bertz CT molecular complexity index is 172. The molecule has 0 unspecified atom stereocenters. The molecule has 0 aliphatic carbocycles. The van der Waals surface area contributed by atoms with E-state index in [2.05, 4.69) is 19.0 Å². The van der Waals surface area contributed by atoms with E-state index in [0.717, 1.165) is 38.4 Å². The average molecular weight is 184 g/mol. The largest absolute Gasteiger partial charge is 0.343 e. The van der Waals surface area contributed by atoms with Gasteiger partial charge in [0.05, 0.1) is 0 Å². The number of piperidine rings is 1. The van der Waals surface area contributed by atoms with Crippen LogP contribution < -0.4 is 0 Å². The van der Waals surface area contributed by atoms with Crippen LogP contribution in [0.5, 0.6) is 0 Å². The lowest BCUT2D eigenvalue weighted by atomic mass is 9.96. The van der Waals surface area contributed by atoms with Gasteiger partial charge in [-0.05, 0) is 32.9 Å². The van der Waals surface area contributed by atoms with E-state index in [4.69, 9.17) is 0 Å². The quantitative estimate of drug-likeness (QED) is 0.634. The highest BCUT2D eigenvalue weighted by Gasteiger charge is 2.20. The first kappa shape index (κ1) is 10.5. The van der Waals surface area contributed by atoms with Gasteiger partial charge in [-0.3, -0.25) is 4.79 Å². The first-order valence-electron chi connectivity index (χ1n) is 5.00. The van der Waals surface area contributed by atoms with Gasteiger partial charge in [0.2, 0.25) is 5.91 Å². The van der Waals surface area contributed by atoms with Crippen molar-refractivity contribution in [1.82, 2.24) is 9.80 Å². The molecule has 13 heavy (non-hydrogen) atoms. The van der Waals surface area contributed by atoms with Crippen LogP contribution in [0.3, 0.4) is 0 Å². The van der Waals surface area contributed by atoms with Crippen molar-refractivity contribution in [2.45, 2.75) is 19.8 Å². The van der Waals surface area contributed by atoms with Crippen molar-refractivity contribution in [2.24, 2.45) is 5.92 Å². The van der Waals surface area contributed by atoms with Crippen LogP contribution in [0.4, 0.5) is 0 Å². The molecule has 0 spiro atoms. The van der Waals surface area contributed by atoms with Crippen LogP contribution in [0.15, 0.2) is 0 Å². The molecule has 0 radical (unpaired) electrons. The Morgan fingerprint density at radius 2 is 1.92 bits per heavy atom. The van der Waals surface area contributed by atoms with E-state index in [1.54, 1.807) is 6.92 Å². The summed E-state index contributed by atoms with van der Waals surface area (Å²) in [5.74, 6) is 1.01. The SMILES string of the molecule is CC(=O)N1CCC(CN(C)C)CC1. The van der Waals surface area contributed by atoms with Crippen LogP contribution in [-0.4, -0.2) is 49.4 Å². The van der Waals surface area contributed by atoms with E-state index in [0.29, 0.717) is 0 Å². The molecule has 0 atom stereocenters. The van der Waals surface area contributed by atoms with E-state index < -0.39 is 0 Å². The number of nitrogens with zero attached hydrogens (tertiary/aromatic N) is 2. The first-order chi connectivity index (χ1) is 6.09. The predicted molar refractivity (Wildman–Crippen MR) is 53.5 cm³/mol. The lowest BCUT2D eigenvalue weighted by molar-refractivity contribution is -0.130. The summed E-state index contributed by atoms with van der Waals surface area (Å²) in [5.41, 5.74) is 0. The Balaban J connectivity index is 2.26. The van der Waals surface area contributed by atoms with E-state index >= 15 is 0 Å². The third-order valence-electron chi connectivity index (χ3n) is 2.68. The van der Waals surface area contributed by atoms with Gasteiger partial charge in [0.25, 0.3) is 0 Å². The number of amides is 1. The third-order valence-corrected chi connectivity index (χ3v) is 2.68. The maximum atomic E-state index is 11.0. The Hall–Kier alpha value is -0.570. The first-order valence-corrected chi connectivity index (χ1v) is 5.00. The Labute approximate surface area is 80.7 Å². The molecule has 1 amide bonds. The minimum atomic E-state index is 0.225. The minimum absolute atomic E-state index is 0.225. The number of carbonyl (C=O) groups is 1. The molecule has 1 heterocycles. The zero-order valence-electron chi connectivity index (χ0n) is 8.92. The molecule has 0 aromatic heterocycles. The summed E-state index contributed by atoms with van der Waals surface area (Å²) in [6.07, 6.45) is 2.33. The summed E-state index contributed by atoms with van der Waals surface area (Å²) in [6, 6.07) is 0. The number of likely N-dealkylation sites (tertiary alicyclic amines) is 1. The molecule has 1 rings (SSSR count). The molecule has 0 saturated carbocycles. The second-order valence-corrected chi connectivity index (χ2v) is 4.21. The fourth-order valence-corrected chi connectivity index (χ4v) is 1.95. The summed E-state index contributed by atoms with van der Waals surface area (Å²) in [5, 5.41) is 0. The normalized spacial score (nSPS) is 19.5. The minimum Gasteiger partial charge on any atom is -0.343 e. The van der Waals surface area contributed by atoms with Crippen molar-refractivity contribution < 1.29 is 4.79 Å². The van der Waals surface area contributed by atoms with Crippen LogP contribution in [0.25, 0.3) is 0 Å². The van der Waals surface area contributed by atoms with Crippen LogP contribution in [0.2, 0.25) is 0 Å². The zero-order chi connectivity index (χ0) is 9.84. The number of carbonyl (C=O) groups excluding carboxylic acids is 1. The van der Waals surface area contributed by atoms with Crippen molar-refractivity contribution in [1.29, 1.82) is 0 Å². The molecule has 0 bridgehead atoms. The van der Waals surface area contributed by atoms with Crippen molar-refractivity contribution in [2.75, 3.05) is 33.7 Å². The third kappa shape index (κ3) is 3.35. The molecule has 1 saturated heterocycles. The van der Waals surface area contributed by atoms with Gasteiger partial charge in [-0.1, -0.05) is 0 Å². The standard InChI is InChI=1S/C10H20N2O/c1-9(13)12-6-4-10(5-7-12)8-11(2)3/h10H,4-8H2,1-3H3. The molecule has 1 aliphatic rings. The Morgan fingerprint density at radius 1 is 1.38 bits per heavy atom. The maximum Gasteiger partial charge on any atom is 0.219 e. The van der Waals surface area contributed by atoms with Crippen molar-refractivity contribution in [3.8, 4) is 0 Å². The van der Waals surface area contributed by atoms with Crippen LogP contribution >= 0.6 is 0 Å². The molecular formula is C10H20N2O. The monoisotopic (exact) mass is 184 g/mol. The van der Waals surface area contributed by atoms with Gasteiger partial charge >= 0.3 is 0 Å². The summed E-state index contributed by atoms with van der Waals surface area (Å²) >= 11 is 0. The van der Waals surface area contributed by atoms with Gasteiger partial charge < -0.3 is 9.80 Å². The molecule has 3 heteroatoms. The van der Waals surface area contributed by atoms with Gasteiger partial charge in [0.1, 0.15) is 0 Å². The second kappa shape index (κ2) is 4.61. The Morgan fingerprint density at radius 3 is 2.31 bits per heavy atom. The summed E-state index contributed by atoms with van der Waals surface area (Å²) in [7, 11) is 4.22. The van der Waals surface area contributed by atoms with Crippen LogP contribution in [0, 0.1) is 5.92 Å². The smallest absolute Gasteiger partial charge is 0.219 e. The molecule has 76 valence electrons. The van der Waals surface area contributed by atoms with Gasteiger partial charge in [0.15, 0.2) is 0 Å². The molecule has 0 aromatic rings. The van der Waals surface area contributed by atoms with Crippen molar-refractivity contribution in [3.05, 3.63) is 0 Å². The fraction of sp³-hybridized carbons (Fsp3) is 0.900. The number of hydrogen-bond donors (Lipinski definition) is 0. The summed E-state index contributed by atoms with van der Waals surface area (Å²) in [4.78, 5) is 15.2. The average Bonchev–Trinajstić information content (AvgIpc) is 2.04. The Kier molecular flexibility index (Phi) is 3.72. The highest BCUT2D eigenvalue weighted by molar-refractivity contribution is 5.73. The van der Waals surface area contributed by atoms with Crippen molar-refractivity contribution in [3.63, 3.8) is 0 Å². The van der Waals surface area contributed by atoms with Gasteiger partial charge in [-0.2, -0.15) is 0 Å². The van der Waals surface area contributed by atoms with Gasteiger partial charge in [-0.25, -0.2) is 0 Å². The van der Waals surface area contributed by atoms with Crippen molar-refractivity contribution >= 4 is 5.91 Å². The second-order valence-electron chi connectivity index (χ2n) is 4.21. The van der Waals surface area contributed by atoms with E-state index in [1.807, 2.05) is 4.90 Å². The number of hydrogen-bond acceptors (Lipinski definition) is 2. The van der Waals surface area contributed by atoms with Crippen LogP contribution in [0.1, 0.15) is 19.8 Å². The zero-order valence-corrected chi connectivity index (χ0v) is 8.92. The van der Waals surface area contributed by atoms with E-state index in [-0.39, 0.29) is 5.91 Å². The van der Waals surface area contributed by atoms with E-state index in [9.17, 15) is 4.79 Å². The molecule has 0 aromatic carbocycles. The lowest BCUT2D eigenvalue weighted by Gasteiger charge is -2.32. The van der Waals surface area contributed by atoms with Gasteiger partial charge in [0, 0.05) is 26.6 Å². The fourth-order valence-electron chi connectivity index (χ4n) is 1.95. The highest BCUT2D eigenvalue weighted by atomic mass is 16.2. The summed E-state index contributed by atoms with van der Waals surface area (Å²) < 4.78 is 0. The van der Waals surface area contributed by atoms with Gasteiger partial charge in [-0.15, -0.1) is 0 Å². The summed E-state index contributed by atoms with van der Waals surface area (Å²) in [6.45, 7) is 4.72. The van der Waals surface area contributed by atoms with Crippen LogP contribution in [-0.2, 0) is 4.79 Å². The predicted octanol–water partition coefficient (Wildman–Crippen LogP) is 0.806. The lowest BCUT2D eigenvalue weighted by Crippen LogP contribution is -2.39. The molecular weight excluding hydrogens is 164 g/mol. The highest BCUT2D eigenvalue weighted by Crippen LogP contribution is 2.17. The molecule has 1 fully saturated rings. The molecule has 1 aliphatic heterocycles.